The lowest BCUT2D eigenvalue weighted by molar-refractivity contribution is 0.0587. The summed E-state index contributed by atoms with van der Waals surface area (Å²) in [5.74, 6) is -0.764. The number of aromatic carboxylic acids is 1. The second-order valence-corrected chi connectivity index (χ2v) is 7.78. The average Bonchev–Trinajstić information content (AvgIpc) is 3.30. The predicted molar refractivity (Wildman–Crippen MR) is 119 cm³/mol. The molecule has 1 aliphatic rings. The minimum absolute atomic E-state index is 0.0413. The molecule has 6 nitrogen and oxygen atoms in total. The summed E-state index contributed by atoms with van der Waals surface area (Å²) >= 11 is 0. The molecule has 0 aromatic heterocycles. The van der Waals surface area contributed by atoms with Crippen LogP contribution in [0.5, 0.6) is 5.75 Å². The molecule has 4 rings (SSSR count). The maximum atomic E-state index is 12.9. The number of carbonyl (C=O) groups is 2. The minimum atomic E-state index is -1.04. The molecule has 1 unspecified atom stereocenters. The van der Waals surface area contributed by atoms with Crippen LogP contribution in [0.1, 0.15) is 33.6 Å². The number of methoxy groups -OCH3 is 1. The number of hydrogen-bond donors (Lipinski definition) is 1. The number of carboxylic acids is 1. The van der Waals surface area contributed by atoms with Gasteiger partial charge < -0.3 is 19.5 Å². The van der Waals surface area contributed by atoms with E-state index in [0.717, 1.165) is 41.3 Å². The fraction of sp³-hybridized carbons (Fsp3) is 0.280. The number of hydrogen-bond acceptors (Lipinski definition) is 4. The third-order valence-corrected chi connectivity index (χ3v) is 5.72. The van der Waals surface area contributed by atoms with Gasteiger partial charge in [0.2, 0.25) is 0 Å². The summed E-state index contributed by atoms with van der Waals surface area (Å²) < 4.78 is 10.8. The summed E-state index contributed by atoms with van der Waals surface area (Å²) in [6.45, 7) is 1.35. The van der Waals surface area contributed by atoms with E-state index in [4.69, 9.17) is 9.47 Å². The van der Waals surface area contributed by atoms with Crippen LogP contribution in [0.15, 0.2) is 54.6 Å². The van der Waals surface area contributed by atoms with Crippen LogP contribution >= 0.6 is 0 Å². The van der Waals surface area contributed by atoms with E-state index in [1.807, 2.05) is 42.5 Å². The molecule has 3 aromatic carbocycles. The van der Waals surface area contributed by atoms with E-state index in [2.05, 4.69) is 0 Å². The van der Waals surface area contributed by atoms with Gasteiger partial charge in [-0.3, -0.25) is 4.79 Å². The fourth-order valence-corrected chi connectivity index (χ4v) is 4.11. The highest BCUT2D eigenvalue weighted by Crippen LogP contribution is 2.32. The summed E-state index contributed by atoms with van der Waals surface area (Å²) in [5.41, 5.74) is 2.40. The Balaban J connectivity index is 1.66. The topological polar surface area (TPSA) is 76.1 Å². The van der Waals surface area contributed by atoms with Gasteiger partial charge in [-0.1, -0.05) is 30.3 Å². The van der Waals surface area contributed by atoms with Crippen LogP contribution in [0.4, 0.5) is 0 Å². The van der Waals surface area contributed by atoms with Gasteiger partial charge in [0.05, 0.1) is 13.2 Å². The lowest BCUT2D eigenvalue weighted by Gasteiger charge is -2.21. The van der Waals surface area contributed by atoms with Crippen molar-refractivity contribution < 1.29 is 24.2 Å². The van der Waals surface area contributed by atoms with Crippen LogP contribution in [0, 0.1) is 0 Å². The minimum Gasteiger partial charge on any atom is -0.496 e. The summed E-state index contributed by atoms with van der Waals surface area (Å²) in [4.78, 5) is 26.2. The van der Waals surface area contributed by atoms with Gasteiger partial charge in [0.1, 0.15) is 11.3 Å². The van der Waals surface area contributed by atoms with Crippen molar-refractivity contribution in [2.24, 2.45) is 0 Å². The molecular formula is C25H25NO5. The summed E-state index contributed by atoms with van der Waals surface area (Å²) in [5, 5.41) is 11.4. The van der Waals surface area contributed by atoms with E-state index in [1.165, 1.54) is 7.11 Å². The third-order valence-electron chi connectivity index (χ3n) is 5.72. The Morgan fingerprint density at radius 1 is 1.16 bits per heavy atom. The third kappa shape index (κ3) is 4.25. The number of rotatable bonds is 6. The first kappa shape index (κ1) is 20.9. The summed E-state index contributed by atoms with van der Waals surface area (Å²) in [6, 6.07) is 16.6. The number of carbonyl (C=O) groups excluding carboxylic acids is 1. The van der Waals surface area contributed by atoms with Crippen LogP contribution in [0.3, 0.4) is 0 Å². The van der Waals surface area contributed by atoms with Crippen LogP contribution in [-0.4, -0.2) is 55.3 Å². The smallest absolute Gasteiger partial charge is 0.339 e. The van der Waals surface area contributed by atoms with Crippen molar-refractivity contribution in [2.45, 2.75) is 18.9 Å². The molecule has 6 heteroatoms. The first-order valence-electron chi connectivity index (χ1n) is 10.3. The number of likely N-dealkylation sites (N-methyl/N-ethyl adjacent to an activating group) is 1. The van der Waals surface area contributed by atoms with Crippen molar-refractivity contribution in [3.8, 4) is 16.9 Å². The van der Waals surface area contributed by atoms with Crippen molar-refractivity contribution >= 4 is 22.6 Å². The van der Waals surface area contributed by atoms with Crippen molar-refractivity contribution in [1.29, 1.82) is 0 Å². The Kier molecular flexibility index (Phi) is 5.91. The number of ether oxygens (including phenoxy) is 2. The second-order valence-electron chi connectivity index (χ2n) is 7.78. The van der Waals surface area contributed by atoms with Gasteiger partial charge in [-0.25, -0.2) is 4.79 Å². The predicted octanol–water partition coefficient (Wildman–Crippen LogP) is 4.46. The molecule has 1 aliphatic heterocycles. The van der Waals surface area contributed by atoms with E-state index < -0.39 is 5.97 Å². The largest absolute Gasteiger partial charge is 0.496 e. The molecule has 160 valence electrons. The van der Waals surface area contributed by atoms with Crippen LogP contribution in [-0.2, 0) is 4.74 Å². The first-order valence-corrected chi connectivity index (χ1v) is 10.3. The van der Waals surface area contributed by atoms with Gasteiger partial charge in [-0.05, 0) is 59.0 Å². The molecule has 0 saturated carbocycles. The van der Waals surface area contributed by atoms with Crippen molar-refractivity contribution in [1.82, 2.24) is 4.90 Å². The highest BCUT2D eigenvalue weighted by molar-refractivity contribution is 6.03. The van der Waals surface area contributed by atoms with Gasteiger partial charge in [0.25, 0.3) is 5.91 Å². The van der Waals surface area contributed by atoms with Gasteiger partial charge in [0, 0.05) is 25.8 Å². The van der Waals surface area contributed by atoms with Gasteiger partial charge in [0.15, 0.2) is 0 Å². The molecule has 1 saturated heterocycles. The molecule has 0 spiro atoms. The maximum Gasteiger partial charge on any atom is 0.339 e. The maximum absolute atomic E-state index is 12.9. The zero-order valence-corrected chi connectivity index (χ0v) is 17.6. The number of carboxylic acid groups (broad SMARTS) is 1. The normalized spacial score (nSPS) is 15.7. The molecule has 0 bridgehead atoms. The molecule has 1 fully saturated rings. The quantitative estimate of drug-likeness (QED) is 0.638. The number of amides is 1. The zero-order valence-electron chi connectivity index (χ0n) is 17.6. The lowest BCUT2D eigenvalue weighted by atomic mass is 9.95. The molecule has 0 radical (unpaired) electrons. The molecule has 3 aromatic rings. The number of nitrogens with zero attached hydrogens (tertiary/aromatic N) is 1. The molecule has 0 aliphatic carbocycles. The Labute approximate surface area is 181 Å². The van der Waals surface area contributed by atoms with Gasteiger partial charge in [-0.15, -0.1) is 0 Å². The van der Waals surface area contributed by atoms with E-state index in [-0.39, 0.29) is 17.6 Å². The Morgan fingerprint density at radius 2 is 2.00 bits per heavy atom. The SMILES string of the molecule is COc1ccc(-c2cccc3cc(C(=O)N(C)CC4CCCO4)ccc23)cc1C(=O)O. The Bertz CT molecular complexity index is 1130. The van der Waals surface area contributed by atoms with Crippen molar-refractivity contribution in [2.75, 3.05) is 27.3 Å². The molecule has 1 atom stereocenters. The number of fused-ring (bicyclic) bond motifs is 1. The van der Waals surface area contributed by atoms with Crippen LogP contribution in [0.25, 0.3) is 21.9 Å². The second kappa shape index (κ2) is 8.78. The van der Waals surface area contributed by atoms with E-state index >= 15 is 0 Å². The highest BCUT2D eigenvalue weighted by Gasteiger charge is 2.21. The summed E-state index contributed by atoms with van der Waals surface area (Å²) in [6.07, 6.45) is 2.14. The first-order chi connectivity index (χ1) is 15.0. The molecular weight excluding hydrogens is 394 g/mol. The van der Waals surface area contributed by atoms with Crippen LogP contribution in [0.2, 0.25) is 0 Å². The van der Waals surface area contributed by atoms with Gasteiger partial charge in [-0.2, -0.15) is 0 Å². The highest BCUT2D eigenvalue weighted by atomic mass is 16.5. The molecule has 31 heavy (non-hydrogen) atoms. The Hall–Kier alpha value is -3.38. The average molecular weight is 419 g/mol. The fourth-order valence-electron chi connectivity index (χ4n) is 4.11. The standard InChI is InChI=1S/C25H25NO5/c1-26(15-19-6-4-12-31-19)24(27)18-8-10-21-16(13-18)5-3-7-20(21)17-9-11-23(30-2)22(14-17)25(28)29/h3,5,7-11,13-14,19H,4,6,12,15H2,1-2H3,(H,28,29). The molecule has 1 amide bonds. The van der Waals surface area contributed by atoms with E-state index in [0.29, 0.717) is 17.9 Å². The van der Waals surface area contributed by atoms with E-state index in [1.54, 1.807) is 24.1 Å². The summed E-state index contributed by atoms with van der Waals surface area (Å²) in [7, 11) is 3.25. The number of benzene rings is 3. The van der Waals surface area contributed by atoms with E-state index in [9.17, 15) is 14.7 Å². The van der Waals surface area contributed by atoms with Crippen molar-refractivity contribution in [3.05, 3.63) is 65.7 Å². The molecule has 1 N–H and O–H groups in total. The monoisotopic (exact) mass is 419 g/mol. The zero-order chi connectivity index (χ0) is 22.0. The lowest BCUT2D eigenvalue weighted by Crippen LogP contribution is -2.34. The van der Waals surface area contributed by atoms with Crippen LogP contribution < -0.4 is 4.74 Å². The van der Waals surface area contributed by atoms with Gasteiger partial charge >= 0.3 is 5.97 Å². The Morgan fingerprint density at radius 3 is 2.71 bits per heavy atom. The molecule has 1 heterocycles. The van der Waals surface area contributed by atoms with Crippen molar-refractivity contribution in [3.63, 3.8) is 0 Å².